The minimum atomic E-state index is -0.185. The van der Waals surface area contributed by atoms with Crippen LogP contribution in [0.25, 0.3) is 0 Å². The van der Waals surface area contributed by atoms with Gasteiger partial charge in [-0.05, 0) is 37.3 Å². The number of amides is 1. The maximum Gasteiger partial charge on any atom is 0.271 e. The largest absolute Gasteiger partial charge is 0.497 e. The number of benzene rings is 1. The summed E-state index contributed by atoms with van der Waals surface area (Å²) in [5.74, 6) is 1.30. The van der Waals surface area contributed by atoms with E-state index < -0.39 is 0 Å². The van der Waals surface area contributed by atoms with Gasteiger partial charge in [0, 0.05) is 12.7 Å². The lowest BCUT2D eigenvalue weighted by atomic mass is 10.3. The molecule has 0 aliphatic carbocycles. The Bertz CT molecular complexity index is 563. The molecular weight excluding hydrogens is 258 g/mol. The van der Waals surface area contributed by atoms with Crippen molar-refractivity contribution >= 4 is 5.91 Å². The Balaban J connectivity index is 1.91. The van der Waals surface area contributed by atoms with E-state index in [0.29, 0.717) is 18.0 Å². The molecule has 2 aromatic rings. The van der Waals surface area contributed by atoms with Crippen LogP contribution in [-0.4, -0.2) is 29.3 Å². The highest BCUT2D eigenvalue weighted by atomic mass is 16.5. The predicted molar refractivity (Wildman–Crippen MR) is 73.9 cm³/mol. The Hall–Kier alpha value is -2.50. The third-order valence-electron chi connectivity index (χ3n) is 2.63. The summed E-state index contributed by atoms with van der Waals surface area (Å²) in [6.07, 6.45) is 1.70. The molecule has 0 unspecified atom stereocenters. The minimum absolute atomic E-state index is 0.185. The van der Waals surface area contributed by atoms with Gasteiger partial charge < -0.3 is 14.8 Å². The van der Waals surface area contributed by atoms with Crippen LogP contribution in [0.3, 0.4) is 0 Å². The molecule has 0 atom stereocenters. The molecule has 106 valence electrons. The summed E-state index contributed by atoms with van der Waals surface area (Å²) in [5.41, 5.74) is 0.380. The Labute approximate surface area is 117 Å². The smallest absolute Gasteiger partial charge is 0.271 e. The van der Waals surface area contributed by atoms with E-state index in [-0.39, 0.29) is 12.6 Å². The van der Waals surface area contributed by atoms with Crippen molar-refractivity contribution in [3.63, 3.8) is 0 Å². The molecule has 1 aromatic heterocycles. The molecule has 1 aromatic carbocycles. The minimum Gasteiger partial charge on any atom is -0.497 e. The molecule has 2 rings (SSSR count). The van der Waals surface area contributed by atoms with E-state index >= 15 is 0 Å². The van der Waals surface area contributed by atoms with Gasteiger partial charge in [-0.1, -0.05) is 0 Å². The lowest BCUT2D eigenvalue weighted by Crippen LogP contribution is -2.23. The van der Waals surface area contributed by atoms with Gasteiger partial charge in [0.2, 0.25) is 0 Å². The molecular formula is C14H17N3O3. The van der Waals surface area contributed by atoms with Crippen LogP contribution in [0.4, 0.5) is 0 Å². The Kier molecular flexibility index (Phi) is 4.60. The number of ether oxygens (including phenoxy) is 2. The van der Waals surface area contributed by atoms with Gasteiger partial charge in [-0.15, -0.1) is 0 Å². The van der Waals surface area contributed by atoms with E-state index in [0.717, 1.165) is 5.75 Å². The van der Waals surface area contributed by atoms with E-state index in [9.17, 15) is 4.79 Å². The van der Waals surface area contributed by atoms with Crippen molar-refractivity contribution in [3.05, 3.63) is 42.2 Å². The summed E-state index contributed by atoms with van der Waals surface area (Å²) in [7, 11) is 1.61. The molecule has 0 bridgehead atoms. The average Bonchev–Trinajstić information content (AvgIpc) is 2.95. The van der Waals surface area contributed by atoms with Crippen LogP contribution in [0.1, 0.15) is 17.4 Å². The molecule has 0 saturated carbocycles. The lowest BCUT2D eigenvalue weighted by molar-refractivity contribution is 0.0949. The molecule has 20 heavy (non-hydrogen) atoms. The molecule has 0 radical (unpaired) electrons. The highest BCUT2D eigenvalue weighted by Gasteiger charge is 2.07. The Morgan fingerprint density at radius 3 is 2.60 bits per heavy atom. The van der Waals surface area contributed by atoms with Crippen LogP contribution in [0, 0.1) is 0 Å². The van der Waals surface area contributed by atoms with Crippen LogP contribution < -0.4 is 14.8 Å². The quantitative estimate of drug-likeness (QED) is 0.871. The molecule has 6 nitrogen and oxygen atoms in total. The van der Waals surface area contributed by atoms with Crippen molar-refractivity contribution in [3.8, 4) is 11.5 Å². The normalized spacial score (nSPS) is 10.1. The van der Waals surface area contributed by atoms with Gasteiger partial charge in [0.25, 0.3) is 5.91 Å². The molecule has 0 aliphatic rings. The number of hydrogen-bond donors (Lipinski definition) is 1. The molecule has 1 amide bonds. The van der Waals surface area contributed by atoms with E-state index in [2.05, 4.69) is 10.4 Å². The fraction of sp³-hybridized carbons (Fsp3) is 0.286. The second-order valence-electron chi connectivity index (χ2n) is 4.05. The summed E-state index contributed by atoms with van der Waals surface area (Å²) in [5, 5.41) is 6.82. The third kappa shape index (κ3) is 3.50. The van der Waals surface area contributed by atoms with Crippen molar-refractivity contribution in [2.24, 2.45) is 0 Å². The first-order valence-electron chi connectivity index (χ1n) is 6.31. The second kappa shape index (κ2) is 6.60. The summed E-state index contributed by atoms with van der Waals surface area (Å²) >= 11 is 0. The number of carbonyl (C=O) groups is 1. The Morgan fingerprint density at radius 2 is 1.95 bits per heavy atom. The fourth-order valence-electron chi connectivity index (χ4n) is 1.62. The summed E-state index contributed by atoms with van der Waals surface area (Å²) in [6, 6.07) is 8.92. The SMILES string of the molecule is CCNC(=O)c1ccn(COc2ccc(OC)cc2)n1. The topological polar surface area (TPSA) is 65.4 Å². The number of nitrogens with zero attached hydrogens (tertiary/aromatic N) is 2. The zero-order valence-electron chi connectivity index (χ0n) is 11.5. The van der Waals surface area contributed by atoms with Gasteiger partial charge in [-0.3, -0.25) is 4.79 Å². The van der Waals surface area contributed by atoms with Gasteiger partial charge in [0.1, 0.15) is 17.2 Å². The maximum atomic E-state index is 11.6. The van der Waals surface area contributed by atoms with Crippen LogP contribution in [0.5, 0.6) is 11.5 Å². The summed E-state index contributed by atoms with van der Waals surface area (Å²) in [6.45, 7) is 2.68. The van der Waals surface area contributed by atoms with Gasteiger partial charge in [-0.2, -0.15) is 5.10 Å². The molecule has 0 fully saturated rings. The molecule has 1 heterocycles. The highest BCUT2D eigenvalue weighted by Crippen LogP contribution is 2.17. The fourth-order valence-corrected chi connectivity index (χ4v) is 1.62. The van der Waals surface area contributed by atoms with Crippen LogP contribution in [0.15, 0.2) is 36.5 Å². The molecule has 1 N–H and O–H groups in total. The number of hydrogen-bond acceptors (Lipinski definition) is 4. The predicted octanol–water partition coefficient (Wildman–Crippen LogP) is 1.68. The van der Waals surface area contributed by atoms with E-state index in [1.165, 1.54) is 0 Å². The highest BCUT2D eigenvalue weighted by molar-refractivity contribution is 5.92. The lowest BCUT2D eigenvalue weighted by Gasteiger charge is -2.07. The summed E-state index contributed by atoms with van der Waals surface area (Å²) < 4.78 is 12.2. The van der Waals surface area contributed by atoms with Crippen LogP contribution in [-0.2, 0) is 6.73 Å². The van der Waals surface area contributed by atoms with E-state index in [1.54, 1.807) is 24.1 Å². The Morgan fingerprint density at radius 1 is 1.25 bits per heavy atom. The molecule has 0 spiro atoms. The van der Waals surface area contributed by atoms with Gasteiger partial charge >= 0.3 is 0 Å². The van der Waals surface area contributed by atoms with Crippen molar-refractivity contribution in [2.45, 2.75) is 13.7 Å². The first-order chi connectivity index (χ1) is 9.72. The first-order valence-corrected chi connectivity index (χ1v) is 6.31. The van der Waals surface area contributed by atoms with E-state index in [1.807, 2.05) is 31.2 Å². The standard InChI is InChI=1S/C14H17N3O3/c1-3-15-14(18)13-8-9-17(16-13)10-20-12-6-4-11(19-2)5-7-12/h4-9H,3,10H2,1-2H3,(H,15,18). The van der Waals surface area contributed by atoms with Crippen molar-refractivity contribution in [1.82, 2.24) is 15.1 Å². The van der Waals surface area contributed by atoms with Crippen LogP contribution >= 0.6 is 0 Å². The zero-order valence-corrected chi connectivity index (χ0v) is 11.5. The number of methoxy groups -OCH3 is 1. The molecule has 0 saturated heterocycles. The second-order valence-corrected chi connectivity index (χ2v) is 4.05. The number of nitrogens with one attached hydrogen (secondary N) is 1. The van der Waals surface area contributed by atoms with Crippen molar-refractivity contribution in [1.29, 1.82) is 0 Å². The average molecular weight is 275 g/mol. The number of carbonyl (C=O) groups excluding carboxylic acids is 1. The van der Waals surface area contributed by atoms with Crippen molar-refractivity contribution < 1.29 is 14.3 Å². The van der Waals surface area contributed by atoms with Crippen molar-refractivity contribution in [2.75, 3.05) is 13.7 Å². The van der Waals surface area contributed by atoms with Gasteiger partial charge in [0.15, 0.2) is 6.73 Å². The molecule has 0 aliphatic heterocycles. The third-order valence-corrected chi connectivity index (χ3v) is 2.63. The number of rotatable bonds is 6. The molecule has 6 heteroatoms. The van der Waals surface area contributed by atoms with Crippen LogP contribution in [0.2, 0.25) is 0 Å². The number of aromatic nitrogens is 2. The van der Waals surface area contributed by atoms with E-state index in [4.69, 9.17) is 9.47 Å². The van der Waals surface area contributed by atoms with Gasteiger partial charge in [-0.25, -0.2) is 4.68 Å². The first kappa shape index (κ1) is 13.9. The monoisotopic (exact) mass is 275 g/mol. The zero-order chi connectivity index (χ0) is 14.4. The summed E-state index contributed by atoms with van der Waals surface area (Å²) in [4.78, 5) is 11.6. The maximum absolute atomic E-state index is 11.6. The van der Waals surface area contributed by atoms with Gasteiger partial charge in [0.05, 0.1) is 7.11 Å².